The number of carbonyl (C=O) groups is 2. The molecule has 0 aliphatic rings. The van der Waals surface area contributed by atoms with Gasteiger partial charge in [0, 0.05) is 20.0 Å². The van der Waals surface area contributed by atoms with Crippen LogP contribution >= 0.6 is 0 Å². The summed E-state index contributed by atoms with van der Waals surface area (Å²) in [5.74, 6) is -1.74. The standard InChI is InChI=1S/C10H14O2.C6H10O4/c1-11-7-8-12-9-10-5-3-2-4-6-10;7-5(8)3-1-2-4-6(9)10/h2-6H,7-9H2,1H3;1-4H2,(H,7,8)(H,9,10). The predicted molar refractivity (Wildman–Crippen MR) is 81.7 cm³/mol. The Bertz CT molecular complexity index is 388. The van der Waals surface area contributed by atoms with Crippen LogP contribution in [-0.2, 0) is 25.7 Å². The molecule has 0 saturated heterocycles. The van der Waals surface area contributed by atoms with Gasteiger partial charge in [0.1, 0.15) is 0 Å². The van der Waals surface area contributed by atoms with E-state index >= 15 is 0 Å². The molecule has 0 aliphatic heterocycles. The fraction of sp³-hybridized carbons (Fsp3) is 0.500. The normalized spacial score (nSPS) is 9.68. The van der Waals surface area contributed by atoms with Crippen LogP contribution in [0.3, 0.4) is 0 Å². The van der Waals surface area contributed by atoms with Gasteiger partial charge in [-0.05, 0) is 18.4 Å². The summed E-state index contributed by atoms with van der Waals surface area (Å²) in [5, 5.41) is 16.3. The van der Waals surface area contributed by atoms with E-state index in [2.05, 4.69) is 0 Å². The van der Waals surface area contributed by atoms with Crippen molar-refractivity contribution in [3.05, 3.63) is 35.9 Å². The van der Waals surface area contributed by atoms with Gasteiger partial charge >= 0.3 is 11.9 Å². The Labute approximate surface area is 130 Å². The van der Waals surface area contributed by atoms with Gasteiger partial charge < -0.3 is 19.7 Å². The molecule has 0 aliphatic carbocycles. The van der Waals surface area contributed by atoms with Crippen LogP contribution in [0.4, 0.5) is 0 Å². The number of benzene rings is 1. The Kier molecular flexibility index (Phi) is 12.8. The summed E-state index contributed by atoms with van der Waals surface area (Å²) in [5.41, 5.74) is 1.20. The molecule has 0 atom stereocenters. The third kappa shape index (κ3) is 14.5. The number of hydrogen-bond acceptors (Lipinski definition) is 4. The zero-order chi connectivity index (χ0) is 16.6. The Morgan fingerprint density at radius 1 is 0.955 bits per heavy atom. The van der Waals surface area contributed by atoms with Crippen LogP contribution in [-0.4, -0.2) is 42.5 Å². The van der Waals surface area contributed by atoms with E-state index in [9.17, 15) is 9.59 Å². The zero-order valence-corrected chi connectivity index (χ0v) is 12.9. The molecular formula is C16H24O6. The van der Waals surface area contributed by atoms with E-state index in [4.69, 9.17) is 19.7 Å². The highest BCUT2D eigenvalue weighted by Gasteiger charge is 1.99. The Morgan fingerprint density at radius 3 is 1.95 bits per heavy atom. The molecular weight excluding hydrogens is 288 g/mol. The van der Waals surface area contributed by atoms with Crippen LogP contribution in [0.2, 0.25) is 0 Å². The highest BCUT2D eigenvalue weighted by atomic mass is 16.5. The molecule has 6 heteroatoms. The highest BCUT2D eigenvalue weighted by molar-refractivity contribution is 5.67. The molecule has 0 aromatic heterocycles. The summed E-state index contributed by atoms with van der Waals surface area (Å²) in [6.07, 6.45) is 1.02. The van der Waals surface area contributed by atoms with Gasteiger partial charge in [0.15, 0.2) is 0 Å². The predicted octanol–water partition coefficient (Wildman–Crippen LogP) is 2.57. The first-order chi connectivity index (χ1) is 10.6. The average Bonchev–Trinajstić information content (AvgIpc) is 2.50. The van der Waals surface area contributed by atoms with Gasteiger partial charge in [0.2, 0.25) is 0 Å². The molecule has 1 rings (SSSR count). The second-order valence-corrected chi connectivity index (χ2v) is 4.53. The monoisotopic (exact) mass is 312 g/mol. The maximum Gasteiger partial charge on any atom is 0.303 e. The Hall–Kier alpha value is -1.92. The minimum Gasteiger partial charge on any atom is -0.481 e. The van der Waals surface area contributed by atoms with E-state index in [1.54, 1.807) is 7.11 Å². The highest BCUT2D eigenvalue weighted by Crippen LogP contribution is 2.00. The fourth-order valence-corrected chi connectivity index (χ4v) is 1.46. The molecule has 0 fully saturated rings. The Morgan fingerprint density at radius 2 is 1.50 bits per heavy atom. The van der Waals surface area contributed by atoms with E-state index in [1.165, 1.54) is 5.56 Å². The number of carboxylic acid groups (broad SMARTS) is 2. The number of ether oxygens (including phenoxy) is 2. The third-order valence-corrected chi connectivity index (χ3v) is 2.57. The lowest BCUT2D eigenvalue weighted by Crippen LogP contribution is -2.01. The fourth-order valence-electron chi connectivity index (χ4n) is 1.46. The molecule has 0 heterocycles. The largest absolute Gasteiger partial charge is 0.481 e. The third-order valence-electron chi connectivity index (χ3n) is 2.57. The van der Waals surface area contributed by atoms with Crippen LogP contribution in [0, 0.1) is 0 Å². The minimum atomic E-state index is -0.870. The van der Waals surface area contributed by atoms with Crippen molar-refractivity contribution < 1.29 is 29.3 Å². The number of rotatable bonds is 10. The molecule has 0 amide bonds. The van der Waals surface area contributed by atoms with Crippen molar-refractivity contribution in [1.82, 2.24) is 0 Å². The van der Waals surface area contributed by atoms with E-state index in [-0.39, 0.29) is 12.8 Å². The van der Waals surface area contributed by atoms with Gasteiger partial charge in [-0.15, -0.1) is 0 Å². The maximum atomic E-state index is 9.90. The van der Waals surface area contributed by atoms with Crippen molar-refractivity contribution in [2.75, 3.05) is 20.3 Å². The Balaban J connectivity index is 0.000000409. The molecule has 0 spiro atoms. The summed E-state index contributed by atoms with van der Waals surface area (Å²) in [4.78, 5) is 19.8. The van der Waals surface area contributed by atoms with Crippen molar-refractivity contribution in [3.8, 4) is 0 Å². The van der Waals surface area contributed by atoms with E-state index < -0.39 is 11.9 Å². The van der Waals surface area contributed by atoms with Crippen LogP contribution in [0.25, 0.3) is 0 Å². The lowest BCUT2D eigenvalue weighted by molar-refractivity contribution is -0.139. The summed E-state index contributed by atoms with van der Waals surface area (Å²) in [6.45, 7) is 1.99. The van der Waals surface area contributed by atoms with Gasteiger partial charge in [-0.3, -0.25) is 9.59 Å². The zero-order valence-electron chi connectivity index (χ0n) is 12.9. The van der Waals surface area contributed by atoms with Crippen LogP contribution < -0.4 is 0 Å². The van der Waals surface area contributed by atoms with E-state index in [1.807, 2.05) is 30.3 Å². The number of unbranched alkanes of at least 4 members (excludes halogenated alkanes) is 1. The molecule has 1 aromatic carbocycles. The van der Waals surface area contributed by atoms with Gasteiger partial charge in [0.05, 0.1) is 19.8 Å². The van der Waals surface area contributed by atoms with Crippen LogP contribution in [0.1, 0.15) is 31.2 Å². The molecule has 124 valence electrons. The maximum absolute atomic E-state index is 9.90. The first-order valence-corrected chi connectivity index (χ1v) is 7.10. The summed E-state index contributed by atoms with van der Waals surface area (Å²) < 4.78 is 10.2. The second-order valence-electron chi connectivity index (χ2n) is 4.53. The quantitative estimate of drug-likeness (QED) is 0.645. The van der Waals surface area contributed by atoms with E-state index in [0.717, 1.165) is 0 Å². The average molecular weight is 312 g/mol. The summed E-state index contributed by atoms with van der Waals surface area (Å²) in [6, 6.07) is 10.1. The molecule has 1 aromatic rings. The van der Waals surface area contributed by atoms with Crippen molar-refractivity contribution in [1.29, 1.82) is 0 Å². The van der Waals surface area contributed by atoms with Crippen molar-refractivity contribution in [2.24, 2.45) is 0 Å². The molecule has 22 heavy (non-hydrogen) atoms. The number of methoxy groups -OCH3 is 1. The number of carboxylic acids is 2. The summed E-state index contributed by atoms with van der Waals surface area (Å²) >= 11 is 0. The van der Waals surface area contributed by atoms with Gasteiger partial charge in [-0.2, -0.15) is 0 Å². The number of hydrogen-bond donors (Lipinski definition) is 2. The van der Waals surface area contributed by atoms with Crippen LogP contribution in [0.15, 0.2) is 30.3 Å². The summed E-state index contributed by atoms with van der Waals surface area (Å²) in [7, 11) is 1.67. The minimum absolute atomic E-state index is 0.0628. The first kappa shape index (κ1) is 20.1. The van der Waals surface area contributed by atoms with Gasteiger partial charge in [0.25, 0.3) is 0 Å². The molecule has 0 unspecified atom stereocenters. The second kappa shape index (κ2) is 14.0. The molecule has 0 saturated carbocycles. The SMILES string of the molecule is COCCOCc1ccccc1.O=C(O)CCCCC(=O)O. The van der Waals surface area contributed by atoms with Crippen molar-refractivity contribution in [2.45, 2.75) is 32.3 Å². The molecule has 0 radical (unpaired) electrons. The van der Waals surface area contributed by atoms with Crippen molar-refractivity contribution in [3.63, 3.8) is 0 Å². The van der Waals surface area contributed by atoms with Crippen LogP contribution in [0.5, 0.6) is 0 Å². The van der Waals surface area contributed by atoms with Crippen molar-refractivity contribution >= 4 is 11.9 Å². The molecule has 2 N–H and O–H groups in total. The van der Waals surface area contributed by atoms with Gasteiger partial charge in [-0.25, -0.2) is 0 Å². The lowest BCUT2D eigenvalue weighted by Gasteiger charge is -2.02. The van der Waals surface area contributed by atoms with E-state index in [0.29, 0.717) is 32.7 Å². The smallest absolute Gasteiger partial charge is 0.303 e. The first-order valence-electron chi connectivity index (χ1n) is 7.10. The number of aliphatic carboxylic acids is 2. The topological polar surface area (TPSA) is 93.1 Å². The molecule has 0 bridgehead atoms. The molecule has 6 nitrogen and oxygen atoms in total. The van der Waals surface area contributed by atoms with Gasteiger partial charge in [-0.1, -0.05) is 30.3 Å². The lowest BCUT2D eigenvalue weighted by atomic mass is 10.2.